The maximum absolute atomic E-state index is 12.1. The molecule has 2 nitrogen and oxygen atoms in total. The van der Waals surface area contributed by atoms with Crippen LogP contribution in [0.2, 0.25) is 0 Å². The third kappa shape index (κ3) is 2.99. The van der Waals surface area contributed by atoms with Crippen molar-refractivity contribution in [2.75, 3.05) is 0 Å². The Morgan fingerprint density at radius 3 is 2.33 bits per heavy atom. The van der Waals surface area contributed by atoms with E-state index < -0.39 is 6.10 Å². The van der Waals surface area contributed by atoms with Crippen LogP contribution >= 0.6 is 15.9 Å². The van der Waals surface area contributed by atoms with Crippen molar-refractivity contribution in [3.8, 4) is 5.75 Å². The van der Waals surface area contributed by atoms with Gasteiger partial charge in [0, 0.05) is 5.56 Å². The summed E-state index contributed by atoms with van der Waals surface area (Å²) in [5, 5.41) is 0. The fourth-order valence-electron chi connectivity index (χ4n) is 1.62. The molecule has 0 radical (unpaired) electrons. The number of hydrogen-bond acceptors (Lipinski definition) is 2. The number of para-hydroxylation sites is 1. The summed E-state index contributed by atoms with van der Waals surface area (Å²) in [4.78, 5) is 12.1. The Kier molecular flexibility index (Phi) is 4.15. The van der Waals surface area contributed by atoms with Gasteiger partial charge in [0.2, 0.25) is 5.78 Å². The second-order valence-electron chi connectivity index (χ2n) is 3.92. The van der Waals surface area contributed by atoms with E-state index in [1.54, 1.807) is 19.1 Å². The summed E-state index contributed by atoms with van der Waals surface area (Å²) in [7, 11) is 0. The third-order valence-corrected chi connectivity index (χ3v) is 3.22. The highest BCUT2D eigenvalue weighted by atomic mass is 79.9. The molecule has 0 bridgehead atoms. The summed E-state index contributed by atoms with van der Waals surface area (Å²) in [5.41, 5.74) is 0.664. The summed E-state index contributed by atoms with van der Waals surface area (Å²) in [5.74, 6) is 0.653. The van der Waals surface area contributed by atoms with Crippen LogP contribution in [-0.4, -0.2) is 11.9 Å². The molecule has 0 amide bonds. The molecule has 2 rings (SSSR count). The van der Waals surface area contributed by atoms with E-state index in [-0.39, 0.29) is 5.78 Å². The highest BCUT2D eigenvalue weighted by molar-refractivity contribution is 9.10. The zero-order valence-electron chi connectivity index (χ0n) is 9.97. The largest absolute Gasteiger partial charge is 0.481 e. The molecule has 0 aliphatic rings. The molecule has 0 saturated carbocycles. The van der Waals surface area contributed by atoms with Gasteiger partial charge in [-0.3, -0.25) is 4.79 Å². The molecule has 0 aliphatic carbocycles. The van der Waals surface area contributed by atoms with E-state index in [0.29, 0.717) is 11.3 Å². The van der Waals surface area contributed by atoms with E-state index in [0.717, 1.165) is 4.47 Å². The highest BCUT2D eigenvalue weighted by Gasteiger charge is 2.17. The lowest BCUT2D eigenvalue weighted by Gasteiger charge is -2.14. The summed E-state index contributed by atoms with van der Waals surface area (Å²) < 4.78 is 6.51. The topological polar surface area (TPSA) is 26.3 Å². The van der Waals surface area contributed by atoms with Gasteiger partial charge in [-0.1, -0.05) is 42.5 Å². The van der Waals surface area contributed by atoms with Crippen LogP contribution in [0.5, 0.6) is 5.75 Å². The van der Waals surface area contributed by atoms with E-state index in [2.05, 4.69) is 15.9 Å². The molecule has 1 atom stereocenters. The summed E-state index contributed by atoms with van der Waals surface area (Å²) in [6.45, 7) is 1.76. The second kappa shape index (κ2) is 5.83. The zero-order valence-corrected chi connectivity index (χ0v) is 11.6. The van der Waals surface area contributed by atoms with Crippen LogP contribution in [-0.2, 0) is 0 Å². The monoisotopic (exact) mass is 304 g/mol. The maximum Gasteiger partial charge on any atom is 0.202 e. The Hall–Kier alpha value is -1.61. The van der Waals surface area contributed by atoms with Crippen molar-refractivity contribution >= 4 is 21.7 Å². The van der Waals surface area contributed by atoms with E-state index in [1.165, 1.54) is 0 Å². The summed E-state index contributed by atoms with van der Waals surface area (Å²) in [6, 6.07) is 16.7. The molecule has 3 heteroatoms. The van der Waals surface area contributed by atoms with E-state index in [4.69, 9.17) is 4.74 Å². The molecule has 0 heterocycles. The molecule has 0 aromatic heterocycles. The van der Waals surface area contributed by atoms with Crippen LogP contribution in [0.3, 0.4) is 0 Å². The number of ketones is 1. The number of carbonyl (C=O) groups excluding carboxylic acids is 1. The van der Waals surface area contributed by atoms with E-state index >= 15 is 0 Å². The molecule has 92 valence electrons. The Bertz CT molecular complexity index is 537. The molecular formula is C15H13BrO2. The summed E-state index contributed by atoms with van der Waals surface area (Å²) in [6.07, 6.45) is -0.508. The Labute approximate surface area is 115 Å². The summed E-state index contributed by atoms with van der Waals surface area (Å²) >= 11 is 3.39. The van der Waals surface area contributed by atoms with Crippen LogP contribution in [0.15, 0.2) is 59.1 Å². The van der Waals surface area contributed by atoms with E-state index in [9.17, 15) is 4.79 Å². The van der Waals surface area contributed by atoms with Gasteiger partial charge in [-0.15, -0.1) is 0 Å². The van der Waals surface area contributed by atoms with Crippen molar-refractivity contribution in [2.45, 2.75) is 13.0 Å². The lowest BCUT2D eigenvalue weighted by molar-refractivity contribution is 0.0817. The maximum atomic E-state index is 12.1. The standard InChI is InChI=1S/C15H13BrO2/c1-11(15(17)12-7-3-2-4-8-12)18-14-10-6-5-9-13(14)16/h2-11H,1H3/t11-/m0/s1. The van der Waals surface area contributed by atoms with Crippen LogP contribution in [0, 0.1) is 0 Å². The molecule has 0 spiro atoms. The van der Waals surface area contributed by atoms with Gasteiger partial charge in [0.25, 0.3) is 0 Å². The minimum Gasteiger partial charge on any atom is -0.481 e. The van der Waals surface area contributed by atoms with Gasteiger partial charge in [0.15, 0.2) is 6.10 Å². The Morgan fingerprint density at radius 1 is 1.06 bits per heavy atom. The molecule has 0 saturated heterocycles. The number of ether oxygens (including phenoxy) is 1. The van der Waals surface area contributed by atoms with Gasteiger partial charge in [-0.25, -0.2) is 0 Å². The molecule has 2 aromatic carbocycles. The first-order chi connectivity index (χ1) is 8.68. The predicted molar refractivity (Wildman–Crippen MR) is 75.0 cm³/mol. The minimum absolute atomic E-state index is 0.0219. The normalized spacial score (nSPS) is 11.9. The predicted octanol–water partition coefficient (Wildman–Crippen LogP) is 4.10. The quantitative estimate of drug-likeness (QED) is 0.795. The van der Waals surface area contributed by atoms with Gasteiger partial charge in [0.05, 0.1) is 4.47 Å². The molecule has 0 unspecified atom stereocenters. The van der Waals surface area contributed by atoms with Crippen molar-refractivity contribution in [3.63, 3.8) is 0 Å². The lowest BCUT2D eigenvalue weighted by Crippen LogP contribution is -2.23. The number of rotatable bonds is 4. The second-order valence-corrected chi connectivity index (χ2v) is 4.78. The average Bonchev–Trinajstić information content (AvgIpc) is 2.41. The zero-order chi connectivity index (χ0) is 13.0. The smallest absolute Gasteiger partial charge is 0.202 e. The van der Waals surface area contributed by atoms with Gasteiger partial charge < -0.3 is 4.74 Å². The van der Waals surface area contributed by atoms with Crippen molar-refractivity contribution in [1.29, 1.82) is 0 Å². The van der Waals surface area contributed by atoms with Crippen molar-refractivity contribution in [2.24, 2.45) is 0 Å². The van der Waals surface area contributed by atoms with Gasteiger partial charge in [0.1, 0.15) is 5.75 Å². The highest BCUT2D eigenvalue weighted by Crippen LogP contribution is 2.25. The number of carbonyl (C=O) groups is 1. The van der Waals surface area contributed by atoms with E-state index in [1.807, 2.05) is 42.5 Å². The number of Topliss-reactive ketones (excluding diaryl/α,β-unsaturated/α-hetero) is 1. The molecule has 18 heavy (non-hydrogen) atoms. The van der Waals surface area contributed by atoms with Gasteiger partial charge in [-0.05, 0) is 35.0 Å². The number of halogens is 1. The first-order valence-corrected chi connectivity index (χ1v) is 6.48. The van der Waals surface area contributed by atoms with Crippen LogP contribution in [0.25, 0.3) is 0 Å². The van der Waals surface area contributed by atoms with Crippen LogP contribution in [0.1, 0.15) is 17.3 Å². The molecular weight excluding hydrogens is 292 g/mol. The third-order valence-electron chi connectivity index (χ3n) is 2.57. The number of hydrogen-bond donors (Lipinski definition) is 0. The Balaban J connectivity index is 2.11. The SMILES string of the molecule is C[C@H](Oc1ccccc1Br)C(=O)c1ccccc1. The molecule has 0 fully saturated rings. The first-order valence-electron chi connectivity index (χ1n) is 5.69. The first kappa shape index (κ1) is 12.8. The molecule has 0 aliphatic heterocycles. The van der Waals surface area contributed by atoms with Crippen molar-refractivity contribution in [3.05, 3.63) is 64.6 Å². The molecule has 0 N–H and O–H groups in total. The van der Waals surface area contributed by atoms with Gasteiger partial charge in [-0.2, -0.15) is 0 Å². The average molecular weight is 305 g/mol. The van der Waals surface area contributed by atoms with Crippen LogP contribution in [0.4, 0.5) is 0 Å². The van der Waals surface area contributed by atoms with Gasteiger partial charge >= 0.3 is 0 Å². The van der Waals surface area contributed by atoms with Crippen LogP contribution < -0.4 is 4.74 Å². The number of benzene rings is 2. The fourth-order valence-corrected chi connectivity index (χ4v) is 2.00. The minimum atomic E-state index is -0.508. The lowest BCUT2D eigenvalue weighted by atomic mass is 10.1. The van der Waals surface area contributed by atoms with Crippen molar-refractivity contribution < 1.29 is 9.53 Å². The molecule has 2 aromatic rings. The fraction of sp³-hybridized carbons (Fsp3) is 0.133. The Morgan fingerprint density at radius 2 is 1.67 bits per heavy atom. The van der Waals surface area contributed by atoms with Crippen molar-refractivity contribution in [1.82, 2.24) is 0 Å².